The smallest absolute Gasteiger partial charge is 0.231 e. The van der Waals surface area contributed by atoms with Gasteiger partial charge in [0.1, 0.15) is 11.6 Å². The molecule has 1 heterocycles. The Morgan fingerprint density at radius 2 is 2.12 bits per heavy atom. The van der Waals surface area contributed by atoms with E-state index in [4.69, 9.17) is 11.3 Å². The maximum atomic E-state index is 13.9. The number of hydrogen-bond donors (Lipinski definition) is 1. The summed E-state index contributed by atoms with van der Waals surface area (Å²) in [6, 6.07) is 2.84. The summed E-state index contributed by atoms with van der Waals surface area (Å²) in [5.41, 5.74) is 0.722. The van der Waals surface area contributed by atoms with Crippen LogP contribution in [0.5, 0.6) is 5.75 Å². The van der Waals surface area contributed by atoms with E-state index in [1.54, 1.807) is 6.07 Å². The molecule has 0 atom stereocenters. The van der Waals surface area contributed by atoms with Crippen LogP contribution >= 0.6 is 0 Å². The highest BCUT2D eigenvalue weighted by Gasteiger charge is 2.17. The third kappa shape index (κ3) is 2.32. The first-order valence-electron chi connectivity index (χ1n) is 5.47. The van der Waals surface area contributed by atoms with Crippen molar-refractivity contribution in [2.24, 2.45) is 0 Å². The molecule has 90 valence electrons. The van der Waals surface area contributed by atoms with Crippen LogP contribution in [-0.2, 0) is 0 Å². The molecule has 0 aromatic heterocycles. The molecule has 0 spiro atoms. The number of halogens is 1. The van der Waals surface area contributed by atoms with E-state index < -0.39 is 0 Å². The van der Waals surface area contributed by atoms with Crippen molar-refractivity contribution >= 4 is 11.4 Å². The van der Waals surface area contributed by atoms with Gasteiger partial charge in [-0.3, -0.25) is 0 Å². The second-order valence-electron chi connectivity index (χ2n) is 3.82. The normalized spacial score (nSPS) is 15.5. The van der Waals surface area contributed by atoms with Crippen molar-refractivity contribution in [2.75, 3.05) is 38.2 Å². The molecule has 17 heavy (non-hydrogen) atoms. The Balaban J connectivity index is 2.36. The van der Waals surface area contributed by atoms with Crippen molar-refractivity contribution in [1.82, 2.24) is 5.32 Å². The third-order valence-corrected chi connectivity index (χ3v) is 2.83. The summed E-state index contributed by atoms with van der Waals surface area (Å²) in [4.78, 5) is 5.20. The Hall–Kier alpha value is -1.80. The molecule has 1 aliphatic heterocycles. The van der Waals surface area contributed by atoms with Gasteiger partial charge in [0.05, 0.1) is 19.4 Å². The molecule has 4 nitrogen and oxygen atoms in total. The molecule has 0 bridgehead atoms. The molecule has 2 rings (SSSR count). The molecule has 1 aromatic carbocycles. The molecule has 1 aromatic rings. The summed E-state index contributed by atoms with van der Waals surface area (Å²) in [5, 5.41) is 3.21. The molecule has 1 aliphatic rings. The number of nitrogens with zero attached hydrogens (tertiary/aromatic N) is 2. The van der Waals surface area contributed by atoms with E-state index >= 15 is 0 Å². The highest BCUT2D eigenvalue weighted by Crippen LogP contribution is 2.34. The second kappa shape index (κ2) is 5.02. The molecule has 0 aliphatic carbocycles. The molecule has 1 fully saturated rings. The van der Waals surface area contributed by atoms with Crippen molar-refractivity contribution in [1.29, 1.82) is 0 Å². The van der Waals surface area contributed by atoms with Gasteiger partial charge in [0, 0.05) is 26.2 Å². The SMILES string of the molecule is [C-]#[N+]c1cc(F)c(N2CCNCC2)cc1OC. The van der Waals surface area contributed by atoms with Gasteiger partial charge < -0.3 is 15.0 Å². The number of ether oxygens (including phenoxy) is 1. The number of methoxy groups -OCH3 is 1. The summed E-state index contributed by atoms with van der Waals surface area (Å²) in [7, 11) is 1.49. The van der Waals surface area contributed by atoms with Gasteiger partial charge in [-0.1, -0.05) is 0 Å². The molecule has 1 saturated heterocycles. The number of benzene rings is 1. The molecule has 0 amide bonds. The summed E-state index contributed by atoms with van der Waals surface area (Å²) in [5.74, 6) is 0.0635. The van der Waals surface area contributed by atoms with Gasteiger partial charge >= 0.3 is 0 Å². The summed E-state index contributed by atoms with van der Waals surface area (Å²) < 4.78 is 19.0. The van der Waals surface area contributed by atoms with Crippen molar-refractivity contribution in [2.45, 2.75) is 0 Å². The van der Waals surface area contributed by atoms with Crippen LogP contribution in [0.25, 0.3) is 4.85 Å². The Labute approximate surface area is 99.8 Å². The first-order chi connectivity index (χ1) is 8.26. The predicted octanol–water partition coefficient (Wildman–Crippen LogP) is 1.79. The zero-order chi connectivity index (χ0) is 12.3. The van der Waals surface area contributed by atoms with Crippen molar-refractivity contribution in [3.8, 4) is 5.75 Å². The van der Waals surface area contributed by atoms with Crippen molar-refractivity contribution in [3.05, 3.63) is 29.4 Å². The van der Waals surface area contributed by atoms with Gasteiger partial charge in [-0.05, 0) is 12.1 Å². The van der Waals surface area contributed by atoms with E-state index in [1.165, 1.54) is 13.2 Å². The van der Waals surface area contributed by atoms with Crippen LogP contribution in [0.3, 0.4) is 0 Å². The van der Waals surface area contributed by atoms with E-state index in [9.17, 15) is 4.39 Å². The lowest BCUT2D eigenvalue weighted by Crippen LogP contribution is -2.43. The summed E-state index contributed by atoms with van der Waals surface area (Å²) in [6.45, 7) is 10.2. The van der Waals surface area contributed by atoms with E-state index in [2.05, 4.69) is 10.2 Å². The third-order valence-electron chi connectivity index (χ3n) is 2.83. The predicted molar refractivity (Wildman–Crippen MR) is 64.3 cm³/mol. The molecule has 5 heteroatoms. The lowest BCUT2D eigenvalue weighted by atomic mass is 10.2. The monoisotopic (exact) mass is 235 g/mol. The van der Waals surface area contributed by atoms with E-state index in [1.807, 2.05) is 4.90 Å². The highest BCUT2D eigenvalue weighted by atomic mass is 19.1. The fourth-order valence-electron chi connectivity index (χ4n) is 1.93. The second-order valence-corrected chi connectivity index (χ2v) is 3.82. The largest absolute Gasteiger partial charge is 0.508 e. The van der Waals surface area contributed by atoms with Crippen LogP contribution in [0.15, 0.2) is 12.1 Å². The molecule has 0 saturated carbocycles. The Bertz CT molecular complexity index is 450. The average Bonchev–Trinajstić information content (AvgIpc) is 2.39. The van der Waals surface area contributed by atoms with E-state index in [0.717, 1.165) is 26.2 Å². The zero-order valence-corrected chi connectivity index (χ0v) is 9.66. The van der Waals surface area contributed by atoms with Gasteiger partial charge in [-0.25, -0.2) is 9.24 Å². The first kappa shape index (κ1) is 11.7. The lowest BCUT2D eigenvalue weighted by molar-refractivity contribution is 0.416. The van der Waals surface area contributed by atoms with Gasteiger partial charge in [0.25, 0.3) is 0 Å². The van der Waals surface area contributed by atoms with Crippen LogP contribution in [0.4, 0.5) is 15.8 Å². The standard InChI is InChI=1S/C12H14FN3O/c1-14-10-7-9(13)11(8-12(10)17-2)16-5-3-15-4-6-16/h7-8,15H,3-6H2,2H3. The number of hydrogen-bond acceptors (Lipinski definition) is 3. The fourth-order valence-corrected chi connectivity index (χ4v) is 1.93. The number of piperazine rings is 1. The summed E-state index contributed by atoms with van der Waals surface area (Å²) >= 11 is 0. The van der Waals surface area contributed by atoms with Gasteiger partial charge in [-0.2, -0.15) is 0 Å². The van der Waals surface area contributed by atoms with Crippen LogP contribution < -0.4 is 15.0 Å². The molecular formula is C12H14FN3O. The van der Waals surface area contributed by atoms with E-state index in [0.29, 0.717) is 11.4 Å². The molecule has 1 N–H and O–H groups in total. The minimum absolute atomic E-state index is 0.212. The fraction of sp³-hybridized carbons (Fsp3) is 0.417. The highest BCUT2D eigenvalue weighted by molar-refractivity contribution is 5.66. The maximum Gasteiger partial charge on any atom is 0.231 e. The van der Waals surface area contributed by atoms with Gasteiger partial charge in [-0.15, -0.1) is 0 Å². The minimum atomic E-state index is -0.362. The Morgan fingerprint density at radius 3 is 2.71 bits per heavy atom. The number of anilines is 1. The first-order valence-corrected chi connectivity index (χ1v) is 5.47. The molecular weight excluding hydrogens is 221 g/mol. The number of rotatable bonds is 2. The Morgan fingerprint density at radius 1 is 1.41 bits per heavy atom. The maximum absolute atomic E-state index is 13.9. The zero-order valence-electron chi connectivity index (χ0n) is 9.66. The lowest BCUT2D eigenvalue weighted by Gasteiger charge is -2.30. The van der Waals surface area contributed by atoms with Crippen LogP contribution in [0.2, 0.25) is 0 Å². The van der Waals surface area contributed by atoms with Crippen molar-refractivity contribution in [3.63, 3.8) is 0 Å². The quantitative estimate of drug-likeness (QED) is 0.792. The Kier molecular flexibility index (Phi) is 3.45. The van der Waals surface area contributed by atoms with Crippen molar-refractivity contribution < 1.29 is 9.13 Å². The van der Waals surface area contributed by atoms with Crippen LogP contribution in [0, 0.1) is 12.4 Å². The van der Waals surface area contributed by atoms with Crippen LogP contribution in [0.1, 0.15) is 0 Å². The average molecular weight is 235 g/mol. The van der Waals surface area contributed by atoms with Crippen LogP contribution in [-0.4, -0.2) is 33.3 Å². The van der Waals surface area contributed by atoms with E-state index in [-0.39, 0.29) is 11.5 Å². The molecule has 0 unspecified atom stereocenters. The van der Waals surface area contributed by atoms with Gasteiger partial charge in [0.2, 0.25) is 5.69 Å². The molecule has 0 radical (unpaired) electrons. The van der Waals surface area contributed by atoms with Gasteiger partial charge in [0.15, 0.2) is 0 Å². The number of nitrogens with one attached hydrogen (secondary N) is 1. The summed E-state index contributed by atoms with van der Waals surface area (Å²) in [6.07, 6.45) is 0. The minimum Gasteiger partial charge on any atom is -0.508 e. The topological polar surface area (TPSA) is 28.9 Å².